The van der Waals surface area contributed by atoms with Gasteiger partial charge >= 0.3 is 5.97 Å². The van der Waals surface area contributed by atoms with Gasteiger partial charge in [-0.05, 0) is 73.5 Å². The molecule has 1 aromatic heterocycles. The van der Waals surface area contributed by atoms with Crippen molar-refractivity contribution in [1.82, 2.24) is 4.72 Å². The van der Waals surface area contributed by atoms with Crippen LogP contribution in [0.15, 0.2) is 70.2 Å². The lowest BCUT2D eigenvalue weighted by molar-refractivity contribution is -0.119. The summed E-state index contributed by atoms with van der Waals surface area (Å²) in [6.45, 7) is 3.45. The van der Waals surface area contributed by atoms with Crippen LogP contribution in [0.5, 0.6) is 0 Å². The molecule has 1 amide bonds. The first-order valence-electron chi connectivity index (χ1n) is 9.41. The number of hydrogen-bond acceptors (Lipinski definition) is 6. The van der Waals surface area contributed by atoms with Crippen LogP contribution in [0.25, 0.3) is 0 Å². The maximum absolute atomic E-state index is 12.3. The molecular weight excluding hydrogens is 420 g/mol. The topological polar surface area (TPSA) is 115 Å². The van der Waals surface area contributed by atoms with Gasteiger partial charge in [-0.2, -0.15) is 0 Å². The number of sulfonamides is 1. The van der Waals surface area contributed by atoms with Crippen molar-refractivity contribution >= 4 is 27.6 Å². The van der Waals surface area contributed by atoms with Gasteiger partial charge in [-0.25, -0.2) is 17.9 Å². The SMILES string of the molecule is Cc1ccc(NC(=O)COC(=O)c2ccc(S(=O)(=O)NCc3ccco3)cc2)cc1C. The second-order valence-electron chi connectivity index (χ2n) is 6.85. The third kappa shape index (κ3) is 6.03. The number of amides is 1. The number of anilines is 1. The Kier molecular flexibility index (Phi) is 6.88. The average molecular weight is 442 g/mol. The number of nitrogens with one attached hydrogen (secondary N) is 2. The largest absolute Gasteiger partial charge is 0.468 e. The molecule has 0 saturated heterocycles. The summed E-state index contributed by atoms with van der Waals surface area (Å²) in [5.74, 6) is -0.733. The summed E-state index contributed by atoms with van der Waals surface area (Å²) >= 11 is 0. The number of rotatable bonds is 8. The molecular formula is C22H22N2O6S. The molecule has 0 radical (unpaired) electrons. The Bertz CT molecular complexity index is 1170. The quantitative estimate of drug-likeness (QED) is 0.518. The van der Waals surface area contributed by atoms with Crippen molar-refractivity contribution in [1.29, 1.82) is 0 Å². The van der Waals surface area contributed by atoms with Crippen molar-refractivity contribution in [2.75, 3.05) is 11.9 Å². The molecule has 0 saturated carbocycles. The average Bonchev–Trinajstić information content (AvgIpc) is 3.27. The lowest BCUT2D eigenvalue weighted by Gasteiger charge is -2.09. The van der Waals surface area contributed by atoms with E-state index in [9.17, 15) is 18.0 Å². The van der Waals surface area contributed by atoms with Crippen LogP contribution in [-0.2, 0) is 26.1 Å². The first-order chi connectivity index (χ1) is 14.7. The van der Waals surface area contributed by atoms with E-state index in [0.29, 0.717) is 11.4 Å². The lowest BCUT2D eigenvalue weighted by Crippen LogP contribution is -2.23. The highest BCUT2D eigenvalue weighted by Gasteiger charge is 2.16. The second kappa shape index (κ2) is 9.59. The van der Waals surface area contributed by atoms with Gasteiger partial charge in [0.15, 0.2) is 6.61 Å². The molecule has 0 aliphatic rings. The van der Waals surface area contributed by atoms with Gasteiger partial charge in [0.2, 0.25) is 10.0 Å². The van der Waals surface area contributed by atoms with Gasteiger partial charge in [-0.15, -0.1) is 0 Å². The van der Waals surface area contributed by atoms with E-state index < -0.39 is 28.5 Å². The fourth-order valence-electron chi connectivity index (χ4n) is 2.66. The predicted molar refractivity (Wildman–Crippen MR) is 114 cm³/mol. The summed E-state index contributed by atoms with van der Waals surface area (Å²) in [5, 5.41) is 2.66. The number of hydrogen-bond donors (Lipinski definition) is 2. The number of benzene rings is 2. The van der Waals surface area contributed by atoms with E-state index in [1.165, 1.54) is 30.5 Å². The van der Waals surface area contributed by atoms with E-state index in [1.807, 2.05) is 26.0 Å². The number of carbonyl (C=O) groups excluding carboxylic acids is 2. The first kappa shape index (κ1) is 22.3. The summed E-state index contributed by atoms with van der Waals surface area (Å²) in [6, 6.07) is 14.0. The van der Waals surface area contributed by atoms with Crippen LogP contribution < -0.4 is 10.0 Å². The van der Waals surface area contributed by atoms with Gasteiger partial charge in [0, 0.05) is 5.69 Å². The molecule has 3 aromatic rings. The third-order valence-corrected chi connectivity index (χ3v) is 5.96. The molecule has 1 heterocycles. The molecule has 8 nitrogen and oxygen atoms in total. The Balaban J connectivity index is 1.53. The summed E-state index contributed by atoms with van der Waals surface area (Å²) < 4.78 is 37.1. The lowest BCUT2D eigenvalue weighted by atomic mass is 10.1. The number of esters is 1. The number of aryl methyl sites for hydroxylation is 2. The molecule has 162 valence electrons. The minimum absolute atomic E-state index is 0.00868. The van der Waals surface area contributed by atoms with E-state index in [1.54, 1.807) is 18.2 Å². The molecule has 0 spiro atoms. The minimum Gasteiger partial charge on any atom is -0.468 e. The standard InChI is InChI=1S/C22H22N2O6S/c1-15-5-8-18(12-16(15)2)24-21(25)14-30-22(26)17-6-9-20(10-7-17)31(27,28)23-13-19-4-3-11-29-19/h3-12,23H,13-14H2,1-2H3,(H,24,25). The molecule has 0 unspecified atom stereocenters. The highest BCUT2D eigenvalue weighted by atomic mass is 32.2. The zero-order valence-electron chi connectivity index (χ0n) is 17.0. The van der Waals surface area contributed by atoms with Crippen LogP contribution in [0, 0.1) is 13.8 Å². The fourth-order valence-corrected chi connectivity index (χ4v) is 3.66. The Morgan fingerprint density at radius 1 is 1.00 bits per heavy atom. The van der Waals surface area contributed by atoms with Gasteiger partial charge in [-0.1, -0.05) is 6.07 Å². The van der Waals surface area contributed by atoms with Crippen LogP contribution in [-0.4, -0.2) is 26.9 Å². The molecule has 0 fully saturated rings. The van der Waals surface area contributed by atoms with Crippen LogP contribution in [0.3, 0.4) is 0 Å². The molecule has 3 rings (SSSR count). The Hall–Kier alpha value is -3.43. The van der Waals surface area contributed by atoms with Crippen molar-refractivity contribution in [3.05, 3.63) is 83.3 Å². The van der Waals surface area contributed by atoms with Crippen LogP contribution in [0.1, 0.15) is 27.2 Å². The van der Waals surface area contributed by atoms with Crippen molar-refractivity contribution in [2.24, 2.45) is 0 Å². The van der Waals surface area contributed by atoms with Gasteiger partial charge in [0.25, 0.3) is 5.91 Å². The molecule has 0 bridgehead atoms. The number of furan rings is 1. The van der Waals surface area contributed by atoms with Crippen LogP contribution in [0.2, 0.25) is 0 Å². The molecule has 31 heavy (non-hydrogen) atoms. The summed E-state index contributed by atoms with van der Waals surface area (Å²) in [6.07, 6.45) is 1.45. The molecule has 0 aliphatic heterocycles. The Morgan fingerprint density at radius 2 is 1.74 bits per heavy atom. The molecule has 2 aromatic carbocycles. The van der Waals surface area contributed by atoms with Gasteiger partial charge < -0.3 is 14.5 Å². The predicted octanol–water partition coefficient (Wildman–Crippen LogP) is 3.17. The Morgan fingerprint density at radius 3 is 2.39 bits per heavy atom. The third-order valence-electron chi connectivity index (χ3n) is 4.54. The van der Waals surface area contributed by atoms with Crippen molar-refractivity contribution in [3.8, 4) is 0 Å². The van der Waals surface area contributed by atoms with Gasteiger partial charge in [0.1, 0.15) is 5.76 Å². The number of carbonyl (C=O) groups is 2. The molecule has 9 heteroatoms. The van der Waals surface area contributed by atoms with E-state index in [0.717, 1.165) is 11.1 Å². The van der Waals surface area contributed by atoms with E-state index >= 15 is 0 Å². The minimum atomic E-state index is -3.77. The second-order valence-corrected chi connectivity index (χ2v) is 8.62. The van der Waals surface area contributed by atoms with E-state index in [2.05, 4.69) is 10.0 Å². The highest BCUT2D eigenvalue weighted by Crippen LogP contribution is 2.15. The Labute approximate surface area is 180 Å². The summed E-state index contributed by atoms with van der Waals surface area (Å²) in [7, 11) is -3.77. The zero-order chi connectivity index (χ0) is 22.4. The van der Waals surface area contributed by atoms with Crippen molar-refractivity contribution < 1.29 is 27.2 Å². The van der Waals surface area contributed by atoms with E-state index in [-0.39, 0.29) is 17.0 Å². The zero-order valence-corrected chi connectivity index (χ0v) is 17.9. The summed E-state index contributed by atoms with van der Waals surface area (Å²) in [4.78, 5) is 24.2. The normalized spacial score (nSPS) is 11.2. The van der Waals surface area contributed by atoms with Crippen LogP contribution in [0.4, 0.5) is 5.69 Å². The fraction of sp³-hybridized carbons (Fsp3) is 0.182. The smallest absolute Gasteiger partial charge is 0.338 e. The number of ether oxygens (including phenoxy) is 1. The molecule has 0 aliphatic carbocycles. The first-order valence-corrected chi connectivity index (χ1v) is 10.9. The molecule has 2 N–H and O–H groups in total. The van der Waals surface area contributed by atoms with Crippen molar-refractivity contribution in [3.63, 3.8) is 0 Å². The monoisotopic (exact) mass is 442 g/mol. The maximum atomic E-state index is 12.3. The maximum Gasteiger partial charge on any atom is 0.338 e. The highest BCUT2D eigenvalue weighted by molar-refractivity contribution is 7.89. The van der Waals surface area contributed by atoms with E-state index in [4.69, 9.17) is 9.15 Å². The summed E-state index contributed by atoms with van der Waals surface area (Å²) in [5.41, 5.74) is 2.87. The van der Waals surface area contributed by atoms with Gasteiger partial charge in [0.05, 0.1) is 23.3 Å². The molecule has 0 atom stereocenters. The van der Waals surface area contributed by atoms with Gasteiger partial charge in [-0.3, -0.25) is 4.79 Å². The van der Waals surface area contributed by atoms with Crippen molar-refractivity contribution in [2.45, 2.75) is 25.3 Å². The van der Waals surface area contributed by atoms with Crippen LogP contribution >= 0.6 is 0 Å².